The highest BCUT2D eigenvalue weighted by Gasteiger charge is 2.30. The Morgan fingerprint density at radius 1 is 1.17 bits per heavy atom. The van der Waals surface area contributed by atoms with E-state index in [0.29, 0.717) is 36.1 Å². The van der Waals surface area contributed by atoms with Crippen LogP contribution in [0.4, 0.5) is 10.1 Å². The van der Waals surface area contributed by atoms with Crippen molar-refractivity contribution in [2.24, 2.45) is 0 Å². The largest absolute Gasteiger partial charge is 0.339 e. The highest BCUT2D eigenvalue weighted by molar-refractivity contribution is 7.89. The van der Waals surface area contributed by atoms with Gasteiger partial charge in [0.25, 0.3) is 5.91 Å². The zero-order valence-corrected chi connectivity index (χ0v) is 16.9. The molecule has 0 bridgehead atoms. The van der Waals surface area contributed by atoms with Crippen molar-refractivity contribution in [2.75, 3.05) is 18.4 Å². The Kier molecular flexibility index (Phi) is 5.35. The van der Waals surface area contributed by atoms with Crippen LogP contribution < -0.4 is 5.32 Å². The number of carbonyl (C=O) groups is 1. The predicted octanol–water partition coefficient (Wildman–Crippen LogP) is 3.22. The SMILES string of the molecule is Cc1nc(-c2ccccc2NC(=O)c2ccc(F)c(S(=O)(=O)N3CCCC3)c2)no1. The van der Waals surface area contributed by atoms with Crippen molar-refractivity contribution in [1.82, 2.24) is 14.4 Å². The third-order valence-corrected chi connectivity index (χ3v) is 6.73. The predicted molar refractivity (Wildman–Crippen MR) is 107 cm³/mol. The van der Waals surface area contributed by atoms with E-state index < -0.39 is 26.6 Å². The third kappa shape index (κ3) is 3.83. The van der Waals surface area contributed by atoms with Gasteiger partial charge in [0, 0.05) is 31.1 Å². The summed E-state index contributed by atoms with van der Waals surface area (Å²) in [6.45, 7) is 2.34. The summed E-state index contributed by atoms with van der Waals surface area (Å²) in [6, 6.07) is 10.2. The molecule has 0 aliphatic carbocycles. The first kappa shape index (κ1) is 20.2. The summed E-state index contributed by atoms with van der Waals surface area (Å²) in [6.07, 6.45) is 1.46. The number of aryl methyl sites for hydroxylation is 1. The molecule has 1 fully saturated rings. The standard InChI is InChI=1S/C20H19FN4O4S/c1-13-22-19(24-29-13)15-6-2-3-7-17(15)23-20(26)14-8-9-16(21)18(12-14)30(27,28)25-10-4-5-11-25/h2-3,6-9,12H,4-5,10-11H2,1H3,(H,23,26). The number of para-hydroxylation sites is 1. The monoisotopic (exact) mass is 430 g/mol. The summed E-state index contributed by atoms with van der Waals surface area (Å²) < 4.78 is 46.1. The summed E-state index contributed by atoms with van der Waals surface area (Å²) in [5.74, 6) is -0.789. The van der Waals surface area contributed by atoms with Crippen molar-refractivity contribution < 1.29 is 22.1 Å². The van der Waals surface area contributed by atoms with E-state index in [2.05, 4.69) is 15.5 Å². The Morgan fingerprint density at radius 3 is 2.60 bits per heavy atom. The van der Waals surface area contributed by atoms with Gasteiger partial charge in [0.2, 0.25) is 21.7 Å². The second kappa shape index (κ2) is 7.96. The van der Waals surface area contributed by atoms with Crippen LogP contribution in [0, 0.1) is 12.7 Å². The van der Waals surface area contributed by atoms with Crippen LogP contribution in [-0.4, -0.2) is 41.9 Å². The molecule has 0 saturated carbocycles. The molecule has 2 heterocycles. The Bertz CT molecular complexity index is 1200. The van der Waals surface area contributed by atoms with Gasteiger partial charge in [0.1, 0.15) is 10.7 Å². The molecular formula is C20H19FN4O4S. The zero-order chi connectivity index (χ0) is 21.3. The molecule has 2 aromatic carbocycles. The lowest BCUT2D eigenvalue weighted by Crippen LogP contribution is -2.29. The van der Waals surface area contributed by atoms with E-state index in [1.54, 1.807) is 31.2 Å². The van der Waals surface area contributed by atoms with Gasteiger partial charge in [-0.25, -0.2) is 12.8 Å². The molecule has 0 unspecified atom stereocenters. The van der Waals surface area contributed by atoms with Crippen LogP contribution >= 0.6 is 0 Å². The number of nitrogens with zero attached hydrogens (tertiary/aromatic N) is 3. The summed E-state index contributed by atoms with van der Waals surface area (Å²) in [7, 11) is -4.00. The van der Waals surface area contributed by atoms with Gasteiger partial charge in [-0.1, -0.05) is 17.3 Å². The van der Waals surface area contributed by atoms with Crippen LogP contribution in [0.15, 0.2) is 51.9 Å². The Morgan fingerprint density at radius 2 is 1.90 bits per heavy atom. The van der Waals surface area contributed by atoms with Gasteiger partial charge in [-0.05, 0) is 43.2 Å². The number of anilines is 1. The molecule has 8 nitrogen and oxygen atoms in total. The zero-order valence-electron chi connectivity index (χ0n) is 16.1. The van der Waals surface area contributed by atoms with E-state index in [1.807, 2.05) is 0 Å². The van der Waals surface area contributed by atoms with Crippen molar-refractivity contribution >= 4 is 21.6 Å². The van der Waals surface area contributed by atoms with E-state index >= 15 is 0 Å². The quantitative estimate of drug-likeness (QED) is 0.666. The number of halogens is 1. The van der Waals surface area contributed by atoms with Gasteiger partial charge >= 0.3 is 0 Å². The third-order valence-electron chi connectivity index (χ3n) is 4.82. The van der Waals surface area contributed by atoms with Gasteiger partial charge < -0.3 is 9.84 Å². The number of nitrogens with one attached hydrogen (secondary N) is 1. The lowest BCUT2D eigenvalue weighted by atomic mass is 10.1. The molecule has 1 aliphatic rings. The first-order chi connectivity index (χ1) is 14.4. The Balaban J connectivity index is 1.64. The smallest absolute Gasteiger partial charge is 0.255 e. The number of sulfonamides is 1. The summed E-state index contributed by atoms with van der Waals surface area (Å²) in [4.78, 5) is 16.5. The molecule has 0 radical (unpaired) electrons. The number of hydrogen-bond donors (Lipinski definition) is 1. The molecule has 0 atom stereocenters. The minimum Gasteiger partial charge on any atom is -0.339 e. The molecule has 1 N–H and O–H groups in total. The number of carbonyl (C=O) groups excluding carboxylic acids is 1. The van der Waals surface area contributed by atoms with Crippen molar-refractivity contribution in [3.63, 3.8) is 0 Å². The van der Waals surface area contributed by atoms with Crippen molar-refractivity contribution in [3.8, 4) is 11.4 Å². The van der Waals surface area contributed by atoms with Crippen molar-refractivity contribution in [2.45, 2.75) is 24.7 Å². The van der Waals surface area contributed by atoms with Crippen LogP contribution in [0.2, 0.25) is 0 Å². The first-order valence-electron chi connectivity index (χ1n) is 9.37. The highest BCUT2D eigenvalue weighted by atomic mass is 32.2. The van der Waals surface area contributed by atoms with E-state index in [9.17, 15) is 17.6 Å². The molecule has 156 valence electrons. The Labute approximate surface area is 172 Å². The maximum atomic E-state index is 14.3. The number of benzene rings is 2. The molecule has 0 spiro atoms. The fraction of sp³-hybridized carbons (Fsp3) is 0.250. The molecule has 10 heteroatoms. The summed E-state index contributed by atoms with van der Waals surface area (Å²) in [5.41, 5.74) is 0.972. The average Bonchev–Trinajstić information content (AvgIpc) is 3.41. The van der Waals surface area contributed by atoms with E-state index in [4.69, 9.17) is 4.52 Å². The van der Waals surface area contributed by atoms with Gasteiger partial charge in [0.15, 0.2) is 0 Å². The van der Waals surface area contributed by atoms with Gasteiger partial charge in [-0.3, -0.25) is 4.79 Å². The fourth-order valence-electron chi connectivity index (χ4n) is 3.30. The molecule has 1 aromatic heterocycles. The molecule has 3 aromatic rings. The van der Waals surface area contributed by atoms with E-state index in [0.717, 1.165) is 25.0 Å². The highest BCUT2D eigenvalue weighted by Crippen LogP contribution is 2.27. The number of hydrogen-bond acceptors (Lipinski definition) is 6. The molecule has 1 amide bonds. The van der Waals surface area contributed by atoms with Crippen LogP contribution in [0.25, 0.3) is 11.4 Å². The second-order valence-corrected chi connectivity index (χ2v) is 8.80. The Hall–Kier alpha value is -3.11. The normalized spacial score (nSPS) is 14.7. The molecule has 4 rings (SSSR count). The topological polar surface area (TPSA) is 105 Å². The molecule has 1 aliphatic heterocycles. The molecular weight excluding hydrogens is 411 g/mol. The average molecular weight is 430 g/mol. The molecule has 30 heavy (non-hydrogen) atoms. The number of amides is 1. The fourth-order valence-corrected chi connectivity index (χ4v) is 4.91. The van der Waals surface area contributed by atoms with Crippen LogP contribution in [0.1, 0.15) is 29.1 Å². The van der Waals surface area contributed by atoms with Gasteiger partial charge in [-0.15, -0.1) is 0 Å². The summed E-state index contributed by atoms with van der Waals surface area (Å²) in [5, 5.41) is 6.57. The van der Waals surface area contributed by atoms with Gasteiger partial charge in [-0.2, -0.15) is 9.29 Å². The number of rotatable bonds is 5. The molecule has 1 saturated heterocycles. The van der Waals surface area contributed by atoms with E-state index in [-0.39, 0.29) is 5.56 Å². The minimum atomic E-state index is -4.00. The lowest BCUT2D eigenvalue weighted by Gasteiger charge is -2.16. The second-order valence-electron chi connectivity index (χ2n) is 6.89. The van der Waals surface area contributed by atoms with Crippen molar-refractivity contribution in [1.29, 1.82) is 0 Å². The number of aromatic nitrogens is 2. The summed E-state index contributed by atoms with van der Waals surface area (Å²) >= 11 is 0. The maximum absolute atomic E-state index is 14.3. The maximum Gasteiger partial charge on any atom is 0.255 e. The van der Waals surface area contributed by atoms with Crippen molar-refractivity contribution in [3.05, 3.63) is 59.7 Å². The first-order valence-corrected chi connectivity index (χ1v) is 10.8. The van der Waals surface area contributed by atoms with Crippen LogP contribution in [-0.2, 0) is 10.0 Å². The van der Waals surface area contributed by atoms with Gasteiger partial charge in [0.05, 0.1) is 5.69 Å². The van der Waals surface area contributed by atoms with Crippen LogP contribution in [0.3, 0.4) is 0 Å². The minimum absolute atomic E-state index is 0.0215. The van der Waals surface area contributed by atoms with Crippen LogP contribution in [0.5, 0.6) is 0 Å². The van der Waals surface area contributed by atoms with E-state index in [1.165, 1.54) is 10.4 Å². The lowest BCUT2D eigenvalue weighted by molar-refractivity contribution is 0.102.